The molecule has 3 aromatic rings. The van der Waals surface area contributed by atoms with Crippen molar-refractivity contribution in [3.8, 4) is 11.4 Å². The van der Waals surface area contributed by atoms with Gasteiger partial charge < -0.3 is 9.42 Å². The lowest BCUT2D eigenvalue weighted by atomic mass is 10.1. The lowest BCUT2D eigenvalue weighted by molar-refractivity contribution is -0.119. The summed E-state index contributed by atoms with van der Waals surface area (Å²) in [6, 6.07) is 12.4. The molecule has 3 heterocycles. The molecule has 7 nitrogen and oxygen atoms in total. The minimum Gasteiger partial charge on any atom is -0.337 e. The molecule has 2 aromatic carbocycles. The summed E-state index contributed by atoms with van der Waals surface area (Å²) >= 11 is 4.52. The van der Waals surface area contributed by atoms with Gasteiger partial charge in [-0.25, -0.2) is 14.1 Å². The number of imide groups is 1. The van der Waals surface area contributed by atoms with Crippen molar-refractivity contribution < 1.29 is 18.5 Å². The Balaban J connectivity index is 1.44. The fraction of sp³-hybridized carbons (Fsp3) is 0.143. The van der Waals surface area contributed by atoms with Crippen molar-refractivity contribution in [2.24, 2.45) is 0 Å². The third kappa shape index (κ3) is 3.55. The first-order chi connectivity index (χ1) is 15.0. The molecular formula is C21H14BrFN4O3S. The molecule has 1 aromatic heterocycles. The number of carbonyl (C=O) groups excluding carboxylic acids is 2. The Kier molecular flexibility index (Phi) is 5.11. The molecule has 0 radical (unpaired) electrons. The van der Waals surface area contributed by atoms with Crippen LogP contribution in [0.4, 0.5) is 14.9 Å². The normalized spacial score (nSPS) is 20.5. The van der Waals surface area contributed by atoms with Gasteiger partial charge in [-0.15, -0.1) is 11.8 Å². The van der Waals surface area contributed by atoms with Gasteiger partial charge in [-0.3, -0.25) is 4.79 Å². The number of benzene rings is 2. The highest BCUT2D eigenvalue weighted by Gasteiger charge is 2.48. The number of halogens is 2. The first-order valence-electron chi connectivity index (χ1n) is 9.32. The van der Waals surface area contributed by atoms with Crippen LogP contribution >= 0.6 is 27.7 Å². The summed E-state index contributed by atoms with van der Waals surface area (Å²) in [5, 5.41) is 5.35. The van der Waals surface area contributed by atoms with E-state index >= 15 is 0 Å². The molecule has 0 aliphatic carbocycles. The number of thioether (sulfide) groups is 1. The number of para-hydroxylation sites is 1. The topological polar surface area (TPSA) is 79.5 Å². The molecule has 2 aliphatic rings. The van der Waals surface area contributed by atoms with Gasteiger partial charge in [-0.1, -0.05) is 29.4 Å². The lowest BCUT2D eigenvalue weighted by Crippen LogP contribution is -2.61. The number of hydrogen-bond donors (Lipinski definition) is 0. The molecule has 0 spiro atoms. The van der Waals surface area contributed by atoms with E-state index in [0.717, 1.165) is 0 Å². The van der Waals surface area contributed by atoms with Crippen LogP contribution in [0.25, 0.3) is 11.4 Å². The van der Waals surface area contributed by atoms with Gasteiger partial charge >= 0.3 is 6.03 Å². The van der Waals surface area contributed by atoms with Gasteiger partial charge in [0.05, 0.1) is 16.2 Å². The van der Waals surface area contributed by atoms with Crippen molar-refractivity contribution in [1.82, 2.24) is 15.0 Å². The molecule has 31 heavy (non-hydrogen) atoms. The molecule has 1 saturated heterocycles. The lowest BCUT2D eigenvalue weighted by Gasteiger charge is -2.40. The molecule has 2 unspecified atom stereocenters. The Hall–Kier alpha value is -2.98. The minimum absolute atomic E-state index is 0.0386. The number of amides is 3. The fourth-order valence-corrected chi connectivity index (χ4v) is 4.97. The zero-order chi connectivity index (χ0) is 21.5. The summed E-state index contributed by atoms with van der Waals surface area (Å²) in [5.41, 5.74) is 1.08. The zero-order valence-electron chi connectivity index (χ0n) is 15.8. The quantitative estimate of drug-likeness (QED) is 0.520. The number of rotatable bonds is 4. The Labute approximate surface area is 189 Å². The van der Waals surface area contributed by atoms with E-state index in [9.17, 15) is 14.0 Å². The Morgan fingerprint density at radius 1 is 1.16 bits per heavy atom. The average Bonchev–Trinajstić information content (AvgIpc) is 3.44. The first-order valence-corrected chi connectivity index (χ1v) is 11.1. The minimum atomic E-state index is -0.450. The Morgan fingerprint density at radius 3 is 2.74 bits per heavy atom. The Bertz CT molecular complexity index is 1200. The van der Waals surface area contributed by atoms with Crippen molar-refractivity contribution in [1.29, 1.82) is 0 Å². The number of fused-ring (bicyclic) bond motifs is 1. The summed E-state index contributed by atoms with van der Waals surface area (Å²) in [6.45, 7) is 0.0386. The molecule has 3 amide bonds. The molecular weight excluding hydrogens is 487 g/mol. The summed E-state index contributed by atoms with van der Waals surface area (Å²) in [5.74, 6) is -0.150. The van der Waals surface area contributed by atoms with E-state index in [1.165, 1.54) is 22.7 Å². The van der Waals surface area contributed by atoms with Crippen LogP contribution in [0.15, 0.2) is 69.0 Å². The van der Waals surface area contributed by atoms with E-state index in [-0.39, 0.29) is 28.6 Å². The molecule has 5 rings (SSSR count). The summed E-state index contributed by atoms with van der Waals surface area (Å²) in [6.07, 6.45) is 1.84. The van der Waals surface area contributed by atoms with Crippen LogP contribution in [-0.2, 0) is 11.3 Å². The molecule has 0 N–H and O–H groups in total. The number of anilines is 1. The van der Waals surface area contributed by atoms with Crippen molar-refractivity contribution in [2.75, 3.05) is 4.90 Å². The van der Waals surface area contributed by atoms with Crippen LogP contribution in [0.5, 0.6) is 0 Å². The number of urea groups is 1. The summed E-state index contributed by atoms with van der Waals surface area (Å²) in [4.78, 5) is 33.4. The second-order valence-electron chi connectivity index (χ2n) is 6.94. The van der Waals surface area contributed by atoms with Crippen LogP contribution in [-0.4, -0.2) is 38.3 Å². The van der Waals surface area contributed by atoms with Gasteiger partial charge in [0.2, 0.25) is 11.7 Å². The highest BCUT2D eigenvalue weighted by molar-refractivity contribution is 9.10. The maximum Gasteiger partial charge on any atom is 0.332 e. The van der Waals surface area contributed by atoms with E-state index in [1.54, 1.807) is 41.3 Å². The SMILES string of the molecule is O=C1C2SC=CC2N(Cc2nc(-c3ccc(F)c(Br)c3)no2)C(=O)N1c1ccccc1. The predicted molar refractivity (Wildman–Crippen MR) is 117 cm³/mol. The fourth-order valence-electron chi connectivity index (χ4n) is 3.55. The Morgan fingerprint density at radius 2 is 1.97 bits per heavy atom. The van der Waals surface area contributed by atoms with Crippen molar-refractivity contribution >= 4 is 45.3 Å². The van der Waals surface area contributed by atoms with Crippen LogP contribution in [0.2, 0.25) is 0 Å². The van der Waals surface area contributed by atoms with Crippen molar-refractivity contribution in [3.05, 3.63) is 76.2 Å². The molecule has 2 atom stereocenters. The number of carbonyl (C=O) groups is 2. The van der Waals surface area contributed by atoms with E-state index in [2.05, 4.69) is 26.1 Å². The van der Waals surface area contributed by atoms with E-state index < -0.39 is 23.1 Å². The molecule has 156 valence electrons. The van der Waals surface area contributed by atoms with Crippen LogP contribution in [0.1, 0.15) is 5.89 Å². The zero-order valence-corrected chi connectivity index (χ0v) is 18.2. The maximum absolute atomic E-state index is 13.5. The van der Waals surface area contributed by atoms with Gasteiger partial charge in [0.1, 0.15) is 17.6 Å². The van der Waals surface area contributed by atoms with E-state index in [1.807, 2.05) is 17.6 Å². The van der Waals surface area contributed by atoms with Crippen molar-refractivity contribution in [3.63, 3.8) is 0 Å². The summed E-state index contributed by atoms with van der Waals surface area (Å²) in [7, 11) is 0. The first kappa shape index (κ1) is 20.0. The smallest absolute Gasteiger partial charge is 0.332 e. The second kappa shape index (κ2) is 7.93. The van der Waals surface area contributed by atoms with E-state index in [4.69, 9.17) is 4.52 Å². The number of nitrogens with zero attached hydrogens (tertiary/aromatic N) is 4. The van der Waals surface area contributed by atoms with Crippen molar-refractivity contribution in [2.45, 2.75) is 17.8 Å². The van der Waals surface area contributed by atoms with Gasteiger partial charge in [0, 0.05) is 5.56 Å². The monoisotopic (exact) mass is 500 g/mol. The standard InChI is InChI=1S/C21H14BrFN4O3S/c22-14-10-12(6-7-15(14)23)19-24-17(30-25-19)11-26-16-8-9-31-18(16)20(28)27(21(26)29)13-4-2-1-3-5-13/h1-10,16,18H,11H2. The van der Waals surface area contributed by atoms with Gasteiger partial charge in [-0.05, 0) is 51.7 Å². The molecule has 1 fully saturated rings. The molecule has 0 saturated carbocycles. The second-order valence-corrected chi connectivity index (χ2v) is 8.84. The molecule has 0 bridgehead atoms. The van der Waals surface area contributed by atoms with E-state index in [0.29, 0.717) is 11.3 Å². The third-order valence-electron chi connectivity index (χ3n) is 5.04. The highest BCUT2D eigenvalue weighted by atomic mass is 79.9. The summed E-state index contributed by atoms with van der Waals surface area (Å²) < 4.78 is 19.2. The van der Waals surface area contributed by atoms with Gasteiger partial charge in [0.25, 0.3) is 5.91 Å². The number of hydrogen-bond acceptors (Lipinski definition) is 6. The largest absolute Gasteiger partial charge is 0.337 e. The van der Waals surface area contributed by atoms with Gasteiger partial charge in [0.15, 0.2) is 0 Å². The van der Waals surface area contributed by atoms with Crippen LogP contribution in [0, 0.1) is 5.82 Å². The third-order valence-corrected chi connectivity index (χ3v) is 6.73. The van der Waals surface area contributed by atoms with Gasteiger partial charge in [-0.2, -0.15) is 4.98 Å². The molecule has 2 aliphatic heterocycles. The number of aromatic nitrogens is 2. The predicted octanol–water partition coefficient (Wildman–Crippen LogP) is 4.60. The maximum atomic E-state index is 13.5. The molecule has 10 heteroatoms. The highest BCUT2D eigenvalue weighted by Crippen LogP contribution is 2.37. The van der Waals surface area contributed by atoms with Crippen LogP contribution in [0.3, 0.4) is 0 Å². The average molecular weight is 501 g/mol. The van der Waals surface area contributed by atoms with Crippen LogP contribution < -0.4 is 4.90 Å².